The van der Waals surface area contributed by atoms with Crippen LogP contribution in [0, 0.1) is 6.92 Å². The maximum atomic E-state index is 13.1. The quantitative estimate of drug-likeness (QED) is 0.659. The summed E-state index contributed by atoms with van der Waals surface area (Å²) in [6.45, 7) is 2.95. The van der Waals surface area contributed by atoms with Gasteiger partial charge in [-0.15, -0.1) is 0 Å². The van der Waals surface area contributed by atoms with Crippen molar-refractivity contribution in [1.29, 1.82) is 0 Å². The van der Waals surface area contributed by atoms with E-state index in [1.807, 2.05) is 31.2 Å². The molecule has 3 aromatic carbocycles. The third-order valence-corrected chi connectivity index (χ3v) is 6.45. The van der Waals surface area contributed by atoms with Crippen molar-refractivity contribution in [1.82, 2.24) is 0 Å². The molecule has 30 heavy (non-hydrogen) atoms. The monoisotopic (exact) mass is 399 g/mol. The molecule has 0 atom stereocenters. The Morgan fingerprint density at radius 1 is 1.03 bits per heavy atom. The summed E-state index contributed by atoms with van der Waals surface area (Å²) in [5, 5.41) is 9.80. The van der Waals surface area contributed by atoms with Crippen molar-refractivity contribution in [3.8, 4) is 11.1 Å². The highest BCUT2D eigenvalue weighted by Gasteiger charge is 2.31. The van der Waals surface area contributed by atoms with Crippen LogP contribution in [-0.2, 0) is 17.8 Å². The number of hydrogen-bond donors (Lipinski definition) is 1. The van der Waals surface area contributed by atoms with Gasteiger partial charge < -0.3 is 9.84 Å². The smallest absolute Gasteiger partial charge is 0.414 e. The zero-order valence-corrected chi connectivity index (χ0v) is 17.1. The van der Waals surface area contributed by atoms with E-state index in [9.17, 15) is 9.90 Å². The molecule has 0 unspecified atom stereocenters. The Bertz CT molecular complexity index is 1080. The van der Waals surface area contributed by atoms with Gasteiger partial charge in [0.05, 0.1) is 12.3 Å². The molecular formula is C26H25NO3. The fourth-order valence-electron chi connectivity index (χ4n) is 4.95. The average molecular weight is 399 g/mol. The largest absolute Gasteiger partial charge is 0.448 e. The summed E-state index contributed by atoms with van der Waals surface area (Å²) in [7, 11) is 0. The summed E-state index contributed by atoms with van der Waals surface area (Å²) < 4.78 is 5.86. The summed E-state index contributed by atoms with van der Waals surface area (Å²) >= 11 is 0. The van der Waals surface area contributed by atoms with E-state index in [0.717, 1.165) is 35.2 Å². The Morgan fingerprint density at radius 2 is 1.70 bits per heavy atom. The molecule has 4 heteroatoms. The van der Waals surface area contributed by atoms with Crippen LogP contribution in [0.5, 0.6) is 0 Å². The van der Waals surface area contributed by atoms with Crippen molar-refractivity contribution in [2.75, 3.05) is 18.1 Å². The number of hydrogen-bond acceptors (Lipinski definition) is 3. The molecule has 4 nitrogen and oxygen atoms in total. The van der Waals surface area contributed by atoms with Gasteiger partial charge in [-0.1, -0.05) is 54.6 Å². The molecule has 1 amide bonds. The minimum Gasteiger partial charge on any atom is -0.448 e. The second-order valence-electron chi connectivity index (χ2n) is 8.08. The van der Waals surface area contributed by atoms with Crippen molar-refractivity contribution in [3.63, 3.8) is 0 Å². The highest BCUT2D eigenvalue weighted by Crippen LogP contribution is 2.44. The molecular weight excluding hydrogens is 374 g/mol. The molecule has 0 bridgehead atoms. The number of aliphatic hydroxyl groups excluding tert-OH is 1. The lowest BCUT2D eigenvalue weighted by Gasteiger charge is -2.31. The second kappa shape index (κ2) is 7.62. The molecule has 0 aromatic heterocycles. The molecule has 1 aliphatic heterocycles. The number of rotatable bonds is 3. The van der Waals surface area contributed by atoms with Crippen LogP contribution >= 0.6 is 0 Å². The van der Waals surface area contributed by atoms with Crippen LogP contribution in [0.15, 0.2) is 60.7 Å². The zero-order valence-electron chi connectivity index (χ0n) is 17.1. The van der Waals surface area contributed by atoms with Gasteiger partial charge in [0, 0.05) is 12.5 Å². The number of carbonyl (C=O) groups is 1. The number of fused-ring (bicyclic) bond motifs is 4. The van der Waals surface area contributed by atoms with Crippen molar-refractivity contribution < 1.29 is 14.6 Å². The Morgan fingerprint density at radius 3 is 2.37 bits per heavy atom. The average Bonchev–Trinajstić information content (AvgIpc) is 3.11. The van der Waals surface area contributed by atoms with Gasteiger partial charge in [-0.05, 0) is 64.8 Å². The molecule has 2 aliphatic rings. The maximum Gasteiger partial charge on any atom is 0.414 e. The topological polar surface area (TPSA) is 49.8 Å². The van der Waals surface area contributed by atoms with Gasteiger partial charge in [0.1, 0.15) is 6.61 Å². The normalized spacial score (nSPS) is 14.8. The highest BCUT2D eigenvalue weighted by atomic mass is 16.6. The van der Waals surface area contributed by atoms with Gasteiger partial charge in [-0.2, -0.15) is 0 Å². The number of aliphatic hydroxyl groups is 1. The van der Waals surface area contributed by atoms with E-state index in [0.29, 0.717) is 13.2 Å². The third-order valence-electron chi connectivity index (χ3n) is 6.45. The molecule has 1 heterocycles. The maximum absolute atomic E-state index is 13.1. The number of carbonyl (C=O) groups excluding carboxylic acids is 1. The lowest BCUT2D eigenvalue weighted by atomic mass is 9.93. The minimum atomic E-state index is -0.314. The Balaban J connectivity index is 1.40. The molecule has 1 N–H and O–H groups in total. The Labute approximate surface area is 176 Å². The predicted octanol–water partition coefficient (Wildman–Crippen LogP) is 5.19. The predicted molar refractivity (Wildman–Crippen MR) is 118 cm³/mol. The minimum absolute atomic E-state index is 0.00641. The van der Waals surface area contributed by atoms with Crippen LogP contribution in [0.3, 0.4) is 0 Å². The fraction of sp³-hybridized carbons (Fsp3) is 0.269. The van der Waals surface area contributed by atoms with Crippen LogP contribution in [0.1, 0.15) is 40.2 Å². The SMILES string of the molecule is Cc1ccc2c(c1CO)CCCN2C(=O)OCC1c2ccccc2-c2ccccc21. The van der Waals surface area contributed by atoms with Crippen molar-refractivity contribution in [3.05, 3.63) is 88.5 Å². The highest BCUT2D eigenvalue weighted by molar-refractivity contribution is 5.90. The van der Waals surface area contributed by atoms with Gasteiger partial charge in [-0.25, -0.2) is 4.79 Å². The number of benzene rings is 3. The van der Waals surface area contributed by atoms with Crippen molar-refractivity contribution in [2.45, 2.75) is 32.3 Å². The Hall–Kier alpha value is -3.11. The number of anilines is 1. The molecule has 0 spiro atoms. The van der Waals surface area contributed by atoms with E-state index in [1.165, 1.54) is 22.3 Å². The van der Waals surface area contributed by atoms with E-state index >= 15 is 0 Å². The first kappa shape index (κ1) is 18.9. The van der Waals surface area contributed by atoms with Gasteiger partial charge in [-0.3, -0.25) is 4.90 Å². The van der Waals surface area contributed by atoms with E-state index in [-0.39, 0.29) is 18.6 Å². The van der Waals surface area contributed by atoms with Gasteiger partial charge >= 0.3 is 6.09 Å². The molecule has 1 aliphatic carbocycles. The summed E-state index contributed by atoms with van der Waals surface area (Å²) in [6.07, 6.45) is 1.43. The molecule has 3 aromatic rings. The molecule has 0 radical (unpaired) electrons. The molecule has 0 saturated heterocycles. The van der Waals surface area contributed by atoms with Gasteiger partial charge in [0.15, 0.2) is 0 Å². The van der Waals surface area contributed by atoms with E-state index in [4.69, 9.17) is 4.74 Å². The molecule has 0 saturated carbocycles. The number of ether oxygens (including phenoxy) is 1. The van der Waals surface area contributed by atoms with Crippen LogP contribution in [0.4, 0.5) is 10.5 Å². The number of amides is 1. The van der Waals surface area contributed by atoms with Crippen molar-refractivity contribution in [2.24, 2.45) is 0 Å². The first-order chi connectivity index (χ1) is 14.7. The zero-order chi connectivity index (χ0) is 20.7. The summed E-state index contributed by atoms with van der Waals surface area (Å²) in [6, 6.07) is 20.7. The van der Waals surface area contributed by atoms with E-state index in [1.54, 1.807) is 4.90 Å². The first-order valence-corrected chi connectivity index (χ1v) is 10.5. The van der Waals surface area contributed by atoms with E-state index < -0.39 is 0 Å². The second-order valence-corrected chi connectivity index (χ2v) is 8.08. The lowest BCUT2D eigenvalue weighted by molar-refractivity contribution is 0.150. The fourth-order valence-corrected chi connectivity index (χ4v) is 4.95. The van der Waals surface area contributed by atoms with Crippen LogP contribution in [-0.4, -0.2) is 24.4 Å². The molecule has 0 fully saturated rings. The lowest BCUT2D eigenvalue weighted by Crippen LogP contribution is -2.37. The summed E-state index contributed by atoms with van der Waals surface area (Å²) in [4.78, 5) is 14.8. The Kier molecular flexibility index (Phi) is 4.80. The number of aryl methyl sites for hydroxylation is 1. The number of nitrogens with zero attached hydrogens (tertiary/aromatic N) is 1. The summed E-state index contributed by atoms with van der Waals surface area (Å²) in [5.41, 5.74) is 8.80. The standard InChI is InChI=1S/C26H25NO3/c1-17-12-13-25-22(23(17)15-28)11-6-14-27(25)26(29)30-16-24-20-9-4-2-7-18(20)19-8-3-5-10-21(19)24/h2-5,7-10,12-13,24,28H,6,11,14-16H2,1H3. The van der Waals surface area contributed by atoms with Crippen LogP contribution < -0.4 is 4.90 Å². The van der Waals surface area contributed by atoms with Gasteiger partial charge in [0.25, 0.3) is 0 Å². The van der Waals surface area contributed by atoms with E-state index in [2.05, 4.69) is 36.4 Å². The molecule has 5 rings (SSSR count). The van der Waals surface area contributed by atoms with Crippen LogP contribution in [0.25, 0.3) is 11.1 Å². The summed E-state index contributed by atoms with van der Waals surface area (Å²) in [5.74, 6) is 0.0524. The third kappa shape index (κ3) is 2.99. The van der Waals surface area contributed by atoms with Gasteiger partial charge in [0.2, 0.25) is 0 Å². The van der Waals surface area contributed by atoms with Crippen molar-refractivity contribution >= 4 is 11.8 Å². The van der Waals surface area contributed by atoms with Crippen LogP contribution in [0.2, 0.25) is 0 Å². The molecule has 152 valence electrons. The first-order valence-electron chi connectivity index (χ1n) is 10.5.